The number of benzene rings is 2. The first kappa shape index (κ1) is 17.0. The molecule has 0 radical (unpaired) electrons. The van der Waals surface area contributed by atoms with Crippen molar-refractivity contribution in [2.45, 2.75) is 17.9 Å². The van der Waals surface area contributed by atoms with E-state index in [2.05, 4.69) is 16.5 Å². The Labute approximate surface area is 143 Å². The van der Waals surface area contributed by atoms with E-state index in [1.165, 1.54) is 5.56 Å². The molecule has 2 aromatic rings. The summed E-state index contributed by atoms with van der Waals surface area (Å²) in [6.45, 7) is 5.53. The van der Waals surface area contributed by atoms with Crippen LogP contribution in [0, 0.1) is 0 Å². The Morgan fingerprint density at radius 2 is 1.62 bits per heavy atom. The number of nitrogens with one attached hydrogen (secondary N) is 1. The quantitative estimate of drug-likeness (QED) is 0.904. The van der Waals surface area contributed by atoms with Crippen molar-refractivity contribution in [2.75, 3.05) is 31.0 Å². The van der Waals surface area contributed by atoms with Crippen LogP contribution in [0.15, 0.2) is 59.5 Å². The molecule has 6 heteroatoms. The zero-order valence-corrected chi connectivity index (χ0v) is 14.5. The van der Waals surface area contributed by atoms with Gasteiger partial charge in [0, 0.05) is 24.8 Å². The van der Waals surface area contributed by atoms with Gasteiger partial charge in [0.05, 0.1) is 18.1 Å². The Hall–Kier alpha value is -1.89. The second-order valence-electron chi connectivity index (χ2n) is 5.86. The molecule has 1 atom stereocenters. The zero-order valence-electron chi connectivity index (χ0n) is 13.7. The Morgan fingerprint density at radius 3 is 2.25 bits per heavy atom. The average Bonchev–Trinajstić information content (AvgIpc) is 2.63. The lowest BCUT2D eigenvalue weighted by atomic mass is 10.1. The Balaban J connectivity index is 1.70. The second-order valence-corrected chi connectivity index (χ2v) is 7.55. The predicted octanol–water partition coefficient (Wildman–Crippen LogP) is 2.88. The first-order valence-corrected chi connectivity index (χ1v) is 9.54. The number of morpholine rings is 1. The van der Waals surface area contributed by atoms with Crippen LogP contribution in [0.3, 0.4) is 0 Å². The van der Waals surface area contributed by atoms with Gasteiger partial charge in [-0.25, -0.2) is 8.42 Å². The minimum atomic E-state index is -3.54. The van der Waals surface area contributed by atoms with Crippen LogP contribution in [0.25, 0.3) is 0 Å². The van der Waals surface area contributed by atoms with Gasteiger partial charge in [-0.2, -0.15) is 0 Å². The standard InChI is InChI=1S/C18H22N2O3S/c1-15(20-11-13-23-14-12-20)16-7-9-17(10-8-16)19-24(21,22)18-5-3-2-4-6-18/h2-10,15,19H,11-14H2,1H3/t15-/m1/s1. The highest BCUT2D eigenvalue weighted by atomic mass is 32.2. The number of hydrogen-bond acceptors (Lipinski definition) is 4. The van der Waals surface area contributed by atoms with Gasteiger partial charge in [0.2, 0.25) is 0 Å². The molecule has 0 bridgehead atoms. The van der Waals surface area contributed by atoms with Crippen molar-refractivity contribution in [3.05, 3.63) is 60.2 Å². The lowest BCUT2D eigenvalue weighted by molar-refractivity contribution is 0.0198. The second kappa shape index (κ2) is 7.34. The molecular weight excluding hydrogens is 324 g/mol. The van der Waals surface area contributed by atoms with Crippen LogP contribution in [0.4, 0.5) is 5.69 Å². The van der Waals surface area contributed by atoms with Crippen molar-refractivity contribution < 1.29 is 13.2 Å². The predicted molar refractivity (Wildman–Crippen MR) is 94.5 cm³/mol. The van der Waals surface area contributed by atoms with Crippen molar-refractivity contribution in [2.24, 2.45) is 0 Å². The smallest absolute Gasteiger partial charge is 0.261 e. The molecule has 5 nitrogen and oxygen atoms in total. The highest BCUT2D eigenvalue weighted by Gasteiger charge is 2.19. The summed E-state index contributed by atoms with van der Waals surface area (Å²) in [5.74, 6) is 0. The Kier molecular flexibility index (Phi) is 5.18. The highest BCUT2D eigenvalue weighted by Crippen LogP contribution is 2.23. The Morgan fingerprint density at radius 1 is 1.00 bits per heavy atom. The molecule has 1 aliphatic rings. The summed E-state index contributed by atoms with van der Waals surface area (Å²) in [5.41, 5.74) is 1.73. The van der Waals surface area contributed by atoms with Gasteiger partial charge in [-0.05, 0) is 36.8 Å². The van der Waals surface area contributed by atoms with Gasteiger partial charge in [-0.1, -0.05) is 30.3 Å². The van der Waals surface area contributed by atoms with Crippen LogP contribution < -0.4 is 4.72 Å². The van der Waals surface area contributed by atoms with Gasteiger partial charge >= 0.3 is 0 Å². The molecule has 3 rings (SSSR count). The molecule has 1 saturated heterocycles. The third kappa shape index (κ3) is 3.95. The van der Waals surface area contributed by atoms with E-state index >= 15 is 0 Å². The summed E-state index contributed by atoms with van der Waals surface area (Å²) in [5, 5.41) is 0. The monoisotopic (exact) mass is 346 g/mol. The third-order valence-electron chi connectivity index (χ3n) is 4.29. The maximum absolute atomic E-state index is 12.3. The van der Waals surface area contributed by atoms with Crippen LogP contribution in [0.5, 0.6) is 0 Å². The van der Waals surface area contributed by atoms with E-state index in [1.807, 2.05) is 24.3 Å². The molecule has 0 spiro atoms. The first-order chi connectivity index (χ1) is 11.6. The molecule has 0 unspecified atom stereocenters. The molecule has 1 fully saturated rings. The minimum absolute atomic E-state index is 0.260. The van der Waals surface area contributed by atoms with Gasteiger partial charge in [0.25, 0.3) is 10.0 Å². The summed E-state index contributed by atoms with van der Waals surface area (Å²) >= 11 is 0. The van der Waals surface area contributed by atoms with E-state index in [4.69, 9.17) is 4.74 Å². The molecule has 0 aliphatic carbocycles. The van der Waals surface area contributed by atoms with Crippen molar-refractivity contribution in [3.63, 3.8) is 0 Å². The van der Waals surface area contributed by atoms with Gasteiger partial charge in [0.1, 0.15) is 0 Å². The number of hydrogen-bond donors (Lipinski definition) is 1. The lowest BCUT2D eigenvalue weighted by Crippen LogP contribution is -2.37. The minimum Gasteiger partial charge on any atom is -0.379 e. The average molecular weight is 346 g/mol. The maximum Gasteiger partial charge on any atom is 0.261 e. The lowest BCUT2D eigenvalue weighted by Gasteiger charge is -2.32. The van der Waals surface area contributed by atoms with Crippen molar-refractivity contribution in [1.29, 1.82) is 0 Å². The molecule has 128 valence electrons. The van der Waals surface area contributed by atoms with Crippen molar-refractivity contribution >= 4 is 15.7 Å². The van der Waals surface area contributed by atoms with Gasteiger partial charge in [-0.3, -0.25) is 9.62 Å². The SMILES string of the molecule is C[C@H](c1ccc(NS(=O)(=O)c2ccccc2)cc1)N1CCOCC1. The van der Waals surface area contributed by atoms with Crippen LogP contribution in [-0.4, -0.2) is 39.6 Å². The fourth-order valence-corrected chi connectivity index (χ4v) is 3.90. The van der Waals surface area contributed by atoms with Crippen LogP contribution >= 0.6 is 0 Å². The summed E-state index contributed by atoms with van der Waals surface area (Å²) in [6, 6.07) is 16.2. The molecule has 1 N–H and O–H groups in total. The molecule has 1 aliphatic heterocycles. The van der Waals surface area contributed by atoms with Crippen molar-refractivity contribution in [1.82, 2.24) is 4.90 Å². The number of sulfonamides is 1. The summed E-state index contributed by atoms with van der Waals surface area (Å²) in [4.78, 5) is 2.63. The molecule has 0 saturated carbocycles. The van der Waals surface area contributed by atoms with Gasteiger partial charge in [-0.15, -0.1) is 0 Å². The van der Waals surface area contributed by atoms with Crippen LogP contribution in [0.2, 0.25) is 0 Å². The van der Waals surface area contributed by atoms with E-state index in [-0.39, 0.29) is 10.9 Å². The van der Waals surface area contributed by atoms with E-state index < -0.39 is 10.0 Å². The first-order valence-electron chi connectivity index (χ1n) is 8.06. The number of nitrogens with zero attached hydrogens (tertiary/aromatic N) is 1. The molecule has 2 aromatic carbocycles. The van der Waals surface area contributed by atoms with E-state index in [9.17, 15) is 8.42 Å². The summed E-state index contributed by atoms with van der Waals surface area (Å²) in [7, 11) is -3.54. The van der Waals surface area contributed by atoms with E-state index in [0.29, 0.717) is 5.69 Å². The molecule has 0 aromatic heterocycles. The number of anilines is 1. The van der Waals surface area contributed by atoms with Crippen LogP contribution in [-0.2, 0) is 14.8 Å². The van der Waals surface area contributed by atoms with Gasteiger partial charge in [0.15, 0.2) is 0 Å². The van der Waals surface area contributed by atoms with Gasteiger partial charge < -0.3 is 4.74 Å². The molecule has 0 amide bonds. The maximum atomic E-state index is 12.3. The number of ether oxygens (including phenoxy) is 1. The highest BCUT2D eigenvalue weighted by molar-refractivity contribution is 7.92. The van der Waals surface area contributed by atoms with E-state index in [0.717, 1.165) is 26.3 Å². The largest absolute Gasteiger partial charge is 0.379 e. The molecule has 1 heterocycles. The third-order valence-corrected chi connectivity index (χ3v) is 5.69. The van der Waals surface area contributed by atoms with E-state index in [1.54, 1.807) is 30.3 Å². The molecular formula is C18H22N2O3S. The zero-order chi connectivity index (χ0) is 17.0. The fourth-order valence-electron chi connectivity index (χ4n) is 2.82. The topological polar surface area (TPSA) is 58.6 Å². The molecule has 24 heavy (non-hydrogen) atoms. The van der Waals surface area contributed by atoms with Crippen molar-refractivity contribution in [3.8, 4) is 0 Å². The number of rotatable bonds is 5. The normalized spacial score (nSPS) is 17.4. The summed E-state index contributed by atoms with van der Waals surface area (Å²) in [6.07, 6.45) is 0. The summed E-state index contributed by atoms with van der Waals surface area (Å²) < 4.78 is 32.7. The van der Waals surface area contributed by atoms with Crippen LogP contribution in [0.1, 0.15) is 18.5 Å². The fraction of sp³-hybridized carbons (Fsp3) is 0.333. The Bertz CT molecular complexity index is 755.